The third-order valence-corrected chi connectivity index (χ3v) is 4.41. The van der Waals surface area contributed by atoms with Crippen molar-refractivity contribution in [2.24, 2.45) is 0 Å². The molecule has 1 aromatic heterocycles. The lowest BCUT2D eigenvalue weighted by Crippen LogP contribution is -2.18. The number of hydrogen-bond donors (Lipinski definition) is 1. The van der Waals surface area contributed by atoms with Gasteiger partial charge in [-0.05, 0) is 19.4 Å². The maximum absolute atomic E-state index is 5.35. The highest BCUT2D eigenvalue weighted by Gasteiger charge is 2.10. The van der Waals surface area contributed by atoms with Gasteiger partial charge >= 0.3 is 0 Å². The summed E-state index contributed by atoms with van der Waals surface area (Å²) in [6, 6.07) is 8.34. The fraction of sp³-hybridized carbons (Fsp3) is 0.400. The molecule has 0 aliphatic heterocycles. The van der Waals surface area contributed by atoms with Crippen LogP contribution in [-0.2, 0) is 13.0 Å². The van der Waals surface area contributed by atoms with E-state index in [0.717, 1.165) is 23.7 Å². The van der Waals surface area contributed by atoms with Gasteiger partial charge in [0.1, 0.15) is 10.8 Å². The predicted molar refractivity (Wildman–Crippen MR) is 79.7 cm³/mol. The van der Waals surface area contributed by atoms with Crippen molar-refractivity contribution < 1.29 is 4.74 Å². The van der Waals surface area contributed by atoms with Crippen molar-refractivity contribution in [3.8, 4) is 5.75 Å². The molecule has 1 aromatic carbocycles. The number of aromatic nitrogens is 1. The summed E-state index contributed by atoms with van der Waals surface area (Å²) in [7, 11) is 1.70. The Morgan fingerprint density at radius 1 is 1.37 bits per heavy atom. The zero-order valence-electron chi connectivity index (χ0n) is 11.6. The molecule has 0 aliphatic carbocycles. The molecule has 0 amide bonds. The Morgan fingerprint density at radius 3 is 2.84 bits per heavy atom. The molecule has 102 valence electrons. The second-order valence-corrected chi connectivity index (χ2v) is 5.58. The van der Waals surface area contributed by atoms with E-state index in [2.05, 4.69) is 30.2 Å². The second-order valence-electron chi connectivity index (χ2n) is 4.43. The molecule has 19 heavy (non-hydrogen) atoms. The molecule has 3 nitrogen and oxygen atoms in total. The molecule has 1 N–H and O–H groups in total. The maximum atomic E-state index is 5.35. The van der Waals surface area contributed by atoms with Crippen molar-refractivity contribution >= 4 is 11.3 Å². The van der Waals surface area contributed by atoms with E-state index in [1.807, 2.05) is 24.4 Å². The Labute approximate surface area is 118 Å². The molecule has 1 atom stereocenters. The van der Waals surface area contributed by atoms with Crippen molar-refractivity contribution in [1.29, 1.82) is 0 Å². The van der Waals surface area contributed by atoms with Gasteiger partial charge in [-0.3, -0.25) is 0 Å². The monoisotopic (exact) mass is 276 g/mol. The smallest absolute Gasteiger partial charge is 0.123 e. The van der Waals surface area contributed by atoms with Gasteiger partial charge in [-0.2, -0.15) is 0 Å². The van der Waals surface area contributed by atoms with E-state index in [1.54, 1.807) is 18.4 Å². The molecule has 0 saturated carbocycles. The molecular formula is C15H20N2OS. The van der Waals surface area contributed by atoms with Crippen LogP contribution in [0.15, 0.2) is 30.5 Å². The molecule has 0 bridgehead atoms. The zero-order chi connectivity index (χ0) is 13.7. The number of hydrogen-bond acceptors (Lipinski definition) is 4. The highest BCUT2D eigenvalue weighted by molar-refractivity contribution is 7.11. The van der Waals surface area contributed by atoms with Gasteiger partial charge in [0.2, 0.25) is 0 Å². The predicted octanol–water partition coefficient (Wildman–Crippen LogP) is 3.56. The summed E-state index contributed by atoms with van der Waals surface area (Å²) in [5, 5.41) is 4.64. The quantitative estimate of drug-likeness (QED) is 0.876. The summed E-state index contributed by atoms with van der Waals surface area (Å²) < 4.78 is 5.35. The van der Waals surface area contributed by atoms with E-state index in [-0.39, 0.29) is 6.04 Å². The standard InChI is InChI=1S/C15H20N2OS/c1-4-13-10-17-15(19-13)11(2)16-9-12-7-5-6-8-14(12)18-3/h5-8,10-11,16H,4,9H2,1-3H3. The lowest BCUT2D eigenvalue weighted by Gasteiger charge is -2.13. The minimum Gasteiger partial charge on any atom is -0.496 e. The van der Waals surface area contributed by atoms with E-state index >= 15 is 0 Å². The van der Waals surface area contributed by atoms with Crippen LogP contribution in [-0.4, -0.2) is 12.1 Å². The molecule has 2 rings (SSSR count). The fourth-order valence-electron chi connectivity index (χ4n) is 1.89. The summed E-state index contributed by atoms with van der Waals surface area (Å²) in [6.45, 7) is 5.09. The number of nitrogens with one attached hydrogen (secondary N) is 1. The number of methoxy groups -OCH3 is 1. The molecule has 0 aliphatic rings. The Balaban J connectivity index is 1.98. The SMILES string of the molecule is CCc1cnc(C(C)NCc2ccccc2OC)s1. The van der Waals surface area contributed by atoms with E-state index in [4.69, 9.17) is 4.74 Å². The number of benzene rings is 1. The first-order valence-corrected chi connectivity index (χ1v) is 7.36. The van der Waals surface area contributed by atoms with E-state index in [9.17, 15) is 0 Å². The van der Waals surface area contributed by atoms with E-state index in [1.165, 1.54) is 10.4 Å². The van der Waals surface area contributed by atoms with Crippen LogP contribution in [0, 0.1) is 0 Å². The Kier molecular flexibility index (Phi) is 4.93. The van der Waals surface area contributed by atoms with Crippen LogP contribution in [0.3, 0.4) is 0 Å². The normalized spacial score (nSPS) is 12.4. The average Bonchev–Trinajstić information content (AvgIpc) is 2.94. The number of rotatable bonds is 6. The Hall–Kier alpha value is -1.39. The third kappa shape index (κ3) is 3.55. The number of thiazole rings is 1. The molecule has 1 unspecified atom stereocenters. The summed E-state index contributed by atoms with van der Waals surface area (Å²) in [4.78, 5) is 5.80. The van der Waals surface area contributed by atoms with Gasteiger partial charge in [0, 0.05) is 23.2 Å². The fourth-order valence-corrected chi connectivity index (χ4v) is 2.77. The Bertz CT molecular complexity index is 524. The molecule has 1 heterocycles. The van der Waals surface area contributed by atoms with Crippen molar-refractivity contribution in [3.63, 3.8) is 0 Å². The van der Waals surface area contributed by atoms with Gasteiger partial charge in [-0.25, -0.2) is 4.98 Å². The lowest BCUT2D eigenvalue weighted by molar-refractivity contribution is 0.406. The van der Waals surface area contributed by atoms with Gasteiger partial charge in [-0.15, -0.1) is 11.3 Å². The van der Waals surface area contributed by atoms with Crippen molar-refractivity contribution in [1.82, 2.24) is 10.3 Å². The first-order chi connectivity index (χ1) is 9.24. The van der Waals surface area contributed by atoms with E-state index in [0.29, 0.717) is 0 Å². The summed E-state index contributed by atoms with van der Waals surface area (Å²) in [5.41, 5.74) is 1.17. The molecule has 0 fully saturated rings. The summed E-state index contributed by atoms with van der Waals surface area (Å²) in [6.07, 6.45) is 3.03. The number of nitrogens with zero attached hydrogens (tertiary/aromatic N) is 1. The van der Waals surface area contributed by atoms with Crippen molar-refractivity contribution in [2.75, 3.05) is 7.11 Å². The number of aryl methyl sites for hydroxylation is 1. The summed E-state index contributed by atoms with van der Waals surface area (Å²) in [5.74, 6) is 0.926. The van der Waals surface area contributed by atoms with Gasteiger partial charge in [0.05, 0.1) is 13.2 Å². The van der Waals surface area contributed by atoms with Crippen LogP contribution >= 0.6 is 11.3 Å². The van der Waals surface area contributed by atoms with Crippen molar-refractivity contribution in [2.45, 2.75) is 32.9 Å². The molecule has 4 heteroatoms. The highest BCUT2D eigenvalue weighted by Crippen LogP contribution is 2.22. The lowest BCUT2D eigenvalue weighted by atomic mass is 10.2. The van der Waals surface area contributed by atoms with Crippen LogP contribution in [0.2, 0.25) is 0 Å². The average molecular weight is 276 g/mol. The van der Waals surface area contributed by atoms with Gasteiger partial charge in [0.25, 0.3) is 0 Å². The number of para-hydroxylation sites is 1. The number of ether oxygens (including phenoxy) is 1. The minimum atomic E-state index is 0.259. The Morgan fingerprint density at radius 2 is 2.16 bits per heavy atom. The first kappa shape index (κ1) is 14.0. The van der Waals surface area contributed by atoms with Gasteiger partial charge in [-0.1, -0.05) is 25.1 Å². The minimum absolute atomic E-state index is 0.259. The largest absolute Gasteiger partial charge is 0.496 e. The van der Waals surface area contributed by atoms with E-state index < -0.39 is 0 Å². The maximum Gasteiger partial charge on any atom is 0.123 e. The van der Waals surface area contributed by atoms with Crippen LogP contribution in [0.4, 0.5) is 0 Å². The van der Waals surface area contributed by atoms with Gasteiger partial charge < -0.3 is 10.1 Å². The van der Waals surface area contributed by atoms with Gasteiger partial charge in [0.15, 0.2) is 0 Å². The zero-order valence-corrected chi connectivity index (χ0v) is 12.5. The van der Waals surface area contributed by atoms with Crippen LogP contribution < -0.4 is 10.1 Å². The van der Waals surface area contributed by atoms with Crippen molar-refractivity contribution in [3.05, 3.63) is 45.9 Å². The molecular weight excluding hydrogens is 256 g/mol. The van der Waals surface area contributed by atoms with Crippen LogP contribution in [0.5, 0.6) is 5.75 Å². The van der Waals surface area contributed by atoms with Crippen LogP contribution in [0.1, 0.15) is 35.3 Å². The first-order valence-electron chi connectivity index (χ1n) is 6.54. The molecule has 0 saturated heterocycles. The topological polar surface area (TPSA) is 34.2 Å². The third-order valence-electron chi connectivity index (χ3n) is 3.08. The van der Waals surface area contributed by atoms with Crippen LogP contribution in [0.25, 0.3) is 0 Å². The molecule has 0 spiro atoms. The second kappa shape index (κ2) is 6.68. The summed E-state index contributed by atoms with van der Waals surface area (Å²) >= 11 is 1.78. The highest BCUT2D eigenvalue weighted by atomic mass is 32.1. The molecule has 2 aromatic rings. The molecule has 0 radical (unpaired) electrons.